The van der Waals surface area contributed by atoms with Crippen LogP contribution in [0.15, 0.2) is 48.5 Å². The first-order valence-corrected chi connectivity index (χ1v) is 8.01. The maximum absolute atomic E-state index is 12.0. The summed E-state index contributed by atoms with van der Waals surface area (Å²) in [5.74, 6) is 2.09. The van der Waals surface area contributed by atoms with Gasteiger partial charge >= 0.3 is 0 Å². The number of benzene rings is 2. The van der Waals surface area contributed by atoms with Crippen molar-refractivity contribution >= 4 is 11.6 Å². The third-order valence-corrected chi connectivity index (χ3v) is 3.31. The lowest BCUT2D eigenvalue weighted by Crippen LogP contribution is -2.13. The number of nitrogens with one attached hydrogen (secondary N) is 1. The van der Waals surface area contributed by atoms with E-state index in [2.05, 4.69) is 5.32 Å². The van der Waals surface area contributed by atoms with Gasteiger partial charge in [-0.25, -0.2) is 0 Å². The number of anilines is 1. The molecule has 0 aliphatic carbocycles. The summed E-state index contributed by atoms with van der Waals surface area (Å²) >= 11 is 0. The van der Waals surface area contributed by atoms with E-state index in [1.807, 2.05) is 49.4 Å². The number of hydrogen-bond acceptors (Lipinski definition) is 4. The summed E-state index contributed by atoms with van der Waals surface area (Å²) in [6.45, 7) is 2.97. The monoisotopic (exact) mass is 329 g/mol. The molecule has 0 spiro atoms. The van der Waals surface area contributed by atoms with Gasteiger partial charge in [-0.2, -0.15) is 0 Å². The zero-order valence-electron chi connectivity index (χ0n) is 14.1. The molecule has 0 atom stereocenters. The lowest BCUT2D eigenvalue weighted by molar-refractivity contribution is -0.116. The molecule has 24 heavy (non-hydrogen) atoms. The molecule has 1 amide bonds. The molecule has 0 unspecified atom stereocenters. The van der Waals surface area contributed by atoms with E-state index in [1.54, 1.807) is 13.2 Å². The maximum atomic E-state index is 12.0. The molecule has 0 radical (unpaired) electrons. The van der Waals surface area contributed by atoms with Gasteiger partial charge in [0.2, 0.25) is 5.91 Å². The van der Waals surface area contributed by atoms with Gasteiger partial charge in [0.15, 0.2) is 11.5 Å². The zero-order chi connectivity index (χ0) is 17.2. The van der Waals surface area contributed by atoms with Gasteiger partial charge < -0.3 is 19.5 Å². The topological polar surface area (TPSA) is 56.8 Å². The van der Waals surface area contributed by atoms with Crippen LogP contribution in [0.4, 0.5) is 5.69 Å². The minimum Gasteiger partial charge on any atom is -0.497 e. The molecule has 0 bridgehead atoms. The average Bonchev–Trinajstić information content (AvgIpc) is 2.60. The lowest BCUT2D eigenvalue weighted by Gasteiger charge is -2.11. The van der Waals surface area contributed by atoms with E-state index in [4.69, 9.17) is 14.2 Å². The fourth-order valence-corrected chi connectivity index (χ4v) is 2.18. The molecular weight excluding hydrogens is 306 g/mol. The molecule has 0 saturated heterocycles. The molecule has 0 aromatic heterocycles. The molecule has 0 aliphatic heterocycles. The van der Waals surface area contributed by atoms with E-state index in [1.165, 1.54) is 0 Å². The van der Waals surface area contributed by atoms with Crippen LogP contribution in [0.25, 0.3) is 0 Å². The fourth-order valence-electron chi connectivity index (χ4n) is 2.18. The van der Waals surface area contributed by atoms with E-state index in [0.717, 1.165) is 11.4 Å². The van der Waals surface area contributed by atoms with Crippen LogP contribution in [0, 0.1) is 0 Å². The van der Waals surface area contributed by atoms with Crippen LogP contribution in [-0.2, 0) is 4.79 Å². The molecule has 2 aromatic rings. The summed E-state index contributed by atoms with van der Waals surface area (Å²) < 4.78 is 16.3. The summed E-state index contributed by atoms with van der Waals surface area (Å²) in [5.41, 5.74) is 0.724. The standard InChI is InChI=1S/C19H23NO4/c1-3-23-17-10-4-5-11-18(17)24-13-7-12-19(21)20-15-8-6-9-16(14-15)22-2/h4-6,8-11,14H,3,7,12-13H2,1-2H3,(H,20,21). The lowest BCUT2D eigenvalue weighted by atomic mass is 10.2. The number of ether oxygens (including phenoxy) is 3. The maximum Gasteiger partial charge on any atom is 0.224 e. The van der Waals surface area contributed by atoms with Crippen molar-refractivity contribution in [2.75, 3.05) is 25.6 Å². The minimum absolute atomic E-state index is 0.0510. The molecule has 0 fully saturated rings. The number of carbonyl (C=O) groups is 1. The molecule has 2 aromatic carbocycles. The normalized spacial score (nSPS) is 10.1. The highest BCUT2D eigenvalue weighted by Gasteiger charge is 2.06. The second-order valence-electron chi connectivity index (χ2n) is 5.11. The van der Waals surface area contributed by atoms with Crippen molar-refractivity contribution in [3.8, 4) is 17.2 Å². The summed E-state index contributed by atoms with van der Waals surface area (Å²) in [6, 6.07) is 14.8. The Morgan fingerprint density at radius 3 is 2.50 bits per heavy atom. The molecular formula is C19H23NO4. The number of rotatable bonds is 9. The van der Waals surface area contributed by atoms with Gasteiger partial charge in [0.25, 0.3) is 0 Å². The summed E-state index contributed by atoms with van der Waals surface area (Å²) in [7, 11) is 1.60. The van der Waals surface area contributed by atoms with Crippen LogP contribution >= 0.6 is 0 Å². The van der Waals surface area contributed by atoms with Crippen molar-refractivity contribution in [1.29, 1.82) is 0 Å². The Hall–Kier alpha value is -2.69. The summed E-state index contributed by atoms with van der Waals surface area (Å²) in [5, 5.41) is 2.85. The van der Waals surface area contributed by atoms with Gasteiger partial charge in [-0.1, -0.05) is 18.2 Å². The molecule has 0 saturated carbocycles. The summed E-state index contributed by atoms with van der Waals surface area (Å²) in [6.07, 6.45) is 1.00. The average molecular weight is 329 g/mol. The van der Waals surface area contributed by atoms with Crippen LogP contribution < -0.4 is 19.5 Å². The van der Waals surface area contributed by atoms with Crippen molar-refractivity contribution in [2.24, 2.45) is 0 Å². The molecule has 0 heterocycles. The van der Waals surface area contributed by atoms with Crippen LogP contribution in [-0.4, -0.2) is 26.2 Å². The van der Waals surface area contributed by atoms with Crippen LogP contribution in [0.1, 0.15) is 19.8 Å². The van der Waals surface area contributed by atoms with Crippen LogP contribution in [0.5, 0.6) is 17.2 Å². The first-order valence-electron chi connectivity index (χ1n) is 8.01. The highest BCUT2D eigenvalue weighted by Crippen LogP contribution is 2.26. The van der Waals surface area contributed by atoms with Crippen molar-refractivity contribution in [1.82, 2.24) is 0 Å². The van der Waals surface area contributed by atoms with E-state index < -0.39 is 0 Å². The van der Waals surface area contributed by atoms with Crippen LogP contribution in [0.3, 0.4) is 0 Å². The molecule has 5 nitrogen and oxygen atoms in total. The predicted octanol–water partition coefficient (Wildman–Crippen LogP) is 3.89. The third-order valence-electron chi connectivity index (χ3n) is 3.31. The summed E-state index contributed by atoms with van der Waals surface area (Å²) in [4.78, 5) is 12.0. The Bertz CT molecular complexity index is 657. The molecule has 128 valence electrons. The minimum atomic E-state index is -0.0510. The highest BCUT2D eigenvalue weighted by molar-refractivity contribution is 5.90. The number of para-hydroxylation sites is 2. The van der Waals surface area contributed by atoms with Gasteiger partial charge in [0, 0.05) is 18.2 Å². The van der Waals surface area contributed by atoms with Crippen LogP contribution in [0.2, 0.25) is 0 Å². The molecule has 0 aliphatic rings. The first kappa shape index (κ1) is 17.7. The number of methoxy groups -OCH3 is 1. The van der Waals surface area contributed by atoms with Crippen molar-refractivity contribution in [3.05, 3.63) is 48.5 Å². The van der Waals surface area contributed by atoms with Gasteiger partial charge in [0.05, 0.1) is 20.3 Å². The quantitative estimate of drug-likeness (QED) is 0.709. The largest absolute Gasteiger partial charge is 0.497 e. The highest BCUT2D eigenvalue weighted by atomic mass is 16.5. The smallest absolute Gasteiger partial charge is 0.224 e. The number of hydrogen-bond donors (Lipinski definition) is 1. The zero-order valence-corrected chi connectivity index (χ0v) is 14.1. The van der Waals surface area contributed by atoms with E-state index in [-0.39, 0.29) is 5.91 Å². The van der Waals surface area contributed by atoms with E-state index in [9.17, 15) is 4.79 Å². The Morgan fingerprint density at radius 2 is 1.79 bits per heavy atom. The fraction of sp³-hybridized carbons (Fsp3) is 0.316. The molecule has 5 heteroatoms. The Kier molecular flexibility index (Phi) is 6.95. The Balaban J connectivity index is 1.75. The third kappa shape index (κ3) is 5.50. The second kappa shape index (κ2) is 9.45. The van der Waals surface area contributed by atoms with Crippen molar-refractivity contribution < 1.29 is 19.0 Å². The Morgan fingerprint density at radius 1 is 1.04 bits per heavy atom. The Labute approximate surface area is 142 Å². The van der Waals surface area contributed by atoms with Gasteiger partial charge in [-0.05, 0) is 37.6 Å². The van der Waals surface area contributed by atoms with E-state index in [0.29, 0.717) is 37.6 Å². The van der Waals surface area contributed by atoms with Gasteiger partial charge in [0.1, 0.15) is 5.75 Å². The SMILES string of the molecule is CCOc1ccccc1OCCCC(=O)Nc1cccc(OC)c1. The number of amides is 1. The molecule has 2 rings (SSSR count). The van der Waals surface area contributed by atoms with Crippen molar-refractivity contribution in [2.45, 2.75) is 19.8 Å². The predicted molar refractivity (Wildman–Crippen MR) is 94.0 cm³/mol. The first-order chi connectivity index (χ1) is 11.7. The van der Waals surface area contributed by atoms with Gasteiger partial charge in [-0.3, -0.25) is 4.79 Å². The van der Waals surface area contributed by atoms with Gasteiger partial charge in [-0.15, -0.1) is 0 Å². The number of carbonyl (C=O) groups excluding carboxylic acids is 1. The van der Waals surface area contributed by atoms with E-state index >= 15 is 0 Å². The second-order valence-corrected chi connectivity index (χ2v) is 5.11. The molecule has 1 N–H and O–H groups in total. The van der Waals surface area contributed by atoms with Crippen molar-refractivity contribution in [3.63, 3.8) is 0 Å².